The molecule has 0 unspecified atom stereocenters. The van der Waals surface area contributed by atoms with E-state index in [9.17, 15) is 9.59 Å². The Hall–Kier alpha value is -3.31. The van der Waals surface area contributed by atoms with Crippen LogP contribution in [0, 0.1) is 6.92 Å². The zero-order chi connectivity index (χ0) is 22.1. The third kappa shape index (κ3) is 4.08. The summed E-state index contributed by atoms with van der Waals surface area (Å²) in [5.41, 5.74) is 5.57. The van der Waals surface area contributed by atoms with Crippen LogP contribution in [0.4, 0.5) is 5.69 Å². The first-order valence-corrected chi connectivity index (χ1v) is 11.6. The van der Waals surface area contributed by atoms with E-state index in [1.54, 1.807) is 36.0 Å². The van der Waals surface area contributed by atoms with Crippen molar-refractivity contribution in [3.05, 3.63) is 101 Å². The molecule has 1 heterocycles. The number of hydrogen-bond acceptors (Lipinski definition) is 5. The van der Waals surface area contributed by atoms with Crippen molar-refractivity contribution in [3.63, 3.8) is 0 Å². The van der Waals surface area contributed by atoms with Crippen LogP contribution >= 0.6 is 11.8 Å². The second kappa shape index (κ2) is 8.67. The number of Topliss-reactive ketones (excluding diaryl/α,β-unsaturated/α-hetero) is 1. The van der Waals surface area contributed by atoms with Crippen LogP contribution in [0.15, 0.2) is 89.0 Å². The highest BCUT2D eigenvalue weighted by molar-refractivity contribution is 8.00. The molecule has 160 valence electrons. The first-order chi connectivity index (χ1) is 15.6. The Morgan fingerprint density at radius 3 is 2.50 bits per heavy atom. The lowest BCUT2D eigenvalue weighted by atomic mass is 9.89. The predicted octanol–water partition coefficient (Wildman–Crippen LogP) is 6.48. The fraction of sp³-hybridized carbons (Fsp3) is 0.185. The number of para-hydroxylation sites is 1. The molecule has 1 aliphatic heterocycles. The van der Waals surface area contributed by atoms with Crippen molar-refractivity contribution in [2.75, 3.05) is 5.32 Å². The third-order valence-corrected chi connectivity index (χ3v) is 7.17. The number of fused-ring (bicyclic) bond motifs is 1. The van der Waals surface area contributed by atoms with E-state index in [1.807, 2.05) is 43.3 Å². The number of ketones is 1. The normalized spacial score (nSPS) is 17.7. The van der Waals surface area contributed by atoms with Crippen LogP contribution in [-0.2, 0) is 4.79 Å². The molecule has 3 aromatic rings. The topological polar surface area (TPSA) is 55.4 Å². The SMILES string of the molecule is Cc1ccc(C(=O)Oc2ccc([C@H]3Sc4ccccc4NC4=C3C(=O)CCC4)cc2)cc1. The van der Waals surface area contributed by atoms with Crippen LogP contribution in [0.1, 0.15) is 46.0 Å². The highest BCUT2D eigenvalue weighted by Crippen LogP contribution is 2.49. The maximum Gasteiger partial charge on any atom is 0.343 e. The molecule has 0 fully saturated rings. The molecule has 5 heteroatoms. The Morgan fingerprint density at radius 1 is 0.969 bits per heavy atom. The molecule has 5 rings (SSSR count). The lowest BCUT2D eigenvalue weighted by Crippen LogP contribution is -2.19. The van der Waals surface area contributed by atoms with Crippen molar-refractivity contribution >= 4 is 29.2 Å². The summed E-state index contributed by atoms with van der Waals surface area (Å²) in [6.07, 6.45) is 2.33. The van der Waals surface area contributed by atoms with E-state index in [2.05, 4.69) is 17.4 Å². The Kier molecular flexibility index (Phi) is 5.58. The number of hydrogen-bond donors (Lipinski definition) is 1. The van der Waals surface area contributed by atoms with Gasteiger partial charge in [0, 0.05) is 22.6 Å². The minimum absolute atomic E-state index is 0.101. The van der Waals surface area contributed by atoms with E-state index in [0.29, 0.717) is 17.7 Å². The highest BCUT2D eigenvalue weighted by atomic mass is 32.2. The second-order valence-electron chi connectivity index (χ2n) is 8.11. The van der Waals surface area contributed by atoms with Gasteiger partial charge in [-0.05, 0) is 61.7 Å². The Bertz CT molecular complexity index is 1210. The number of allylic oxidation sites excluding steroid dienone is 1. The van der Waals surface area contributed by atoms with Crippen LogP contribution in [0.5, 0.6) is 5.75 Å². The lowest BCUT2D eigenvalue weighted by molar-refractivity contribution is -0.116. The monoisotopic (exact) mass is 441 g/mol. The summed E-state index contributed by atoms with van der Waals surface area (Å²) < 4.78 is 5.55. The third-order valence-electron chi connectivity index (χ3n) is 5.82. The zero-order valence-corrected chi connectivity index (χ0v) is 18.6. The van der Waals surface area contributed by atoms with Gasteiger partial charge >= 0.3 is 5.97 Å². The molecule has 2 aliphatic rings. The number of thioether (sulfide) groups is 1. The lowest BCUT2D eigenvalue weighted by Gasteiger charge is -2.24. The molecule has 0 saturated carbocycles. The summed E-state index contributed by atoms with van der Waals surface area (Å²) in [6, 6.07) is 23.0. The number of nitrogens with one attached hydrogen (secondary N) is 1. The molecular weight excluding hydrogens is 418 g/mol. The molecular formula is C27H23NO3S. The minimum Gasteiger partial charge on any atom is -0.423 e. The smallest absolute Gasteiger partial charge is 0.343 e. The molecule has 3 aromatic carbocycles. The van der Waals surface area contributed by atoms with Gasteiger partial charge in [0.05, 0.1) is 16.5 Å². The Balaban J connectivity index is 1.43. The van der Waals surface area contributed by atoms with Gasteiger partial charge < -0.3 is 10.1 Å². The van der Waals surface area contributed by atoms with E-state index in [-0.39, 0.29) is 17.0 Å². The summed E-state index contributed by atoms with van der Waals surface area (Å²) in [5.74, 6) is 0.312. The van der Waals surface area contributed by atoms with E-state index in [0.717, 1.165) is 45.8 Å². The molecule has 32 heavy (non-hydrogen) atoms. The summed E-state index contributed by atoms with van der Waals surface area (Å²) in [6.45, 7) is 1.98. The fourth-order valence-electron chi connectivity index (χ4n) is 4.12. The largest absolute Gasteiger partial charge is 0.423 e. The van der Waals surface area contributed by atoms with Crippen LogP contribution in [0.25, 0.3) is 0 Å². The molecule has 0 amide bonds. The van der Waals surface area contributed by atoms with Gasteiger partial charge in [-0.25, -0.2) is 4.79 Å². The molecule has 0 radical (unpaired) electrons. The van der Waals surface area contributed by atoms with Crippen molar-refractivity contribution in [2.45, 2.75) is 36.3 Å². The van der Waals surface area contributed by atoms with Crippen molar-refractivity contribution in [3.8, 4) is 5.75 Å². The highest BCUT2D eigenvalue weighted by Gasteiger charge is 2.32. The number of benzene rings is 3. The van der Waals surface area contributed by atoms with Gasteiger partial charge in [0.15, 0.2) is 5.78 Å². The van der Waals surface area contributed by atoms with Gasteiger partial charge in [0.25, 0.3) is 0 Å². The predicted molar refractivity (Wildman–Crippen MR) is 127 cm³/mol. The number of carbonyl (C=O) groups excluding carboxylic acids is 2. The molecule has 1 atom stereocenters. The molecule has 0 aromatic heterocycles. The van der Waals surface area contributed by atoms with Gasteiger partial charge in [-0.15, -0.1) is 11.8 Å². The Labute approximate surface area is 191 Å². The van der Waals surface area contributed by atoms with Crippen LogP contribution in [0.2, 0.25) is 0 Å². The summed E-state index contributed by atoms with van der Waals surface area (Å²) >= 11 is 1.69. The standard InChI is InChI=1S/C27H23NO3S/c1-17-9-11-19(12-10-17)27(30)31-20-15-13-18(14-16-20)26-25-22(6-4-7-23(25)29)28-21-5-2-3-8-24(21)32-26/h2-3,5,8-16,26,28H,4,6-7H2,1H3/t26-/m1/s1. The van der Waals surface area contributed by atoms with E-state index in [4.69, 9.17) is 4.74 Å². The van der Waals surface area contributed by atoms with Crippen LogP contribution in [-0.4, -0.2) is 11.8 Å². The van der Waals surface area contributed by atoms with Crippen molar-refractivity contribution in [1.29, 1.82) is 0 Å². The molecule has 0 saturated heterocycles. The van der Waals surface area contributed by atoms with Gasteiger partial charge in [0.2, 0.25) is 0 Å². The number of ether oxygens (including phenoxy) is 1. The summed E-state index contributed by atoms with van der Waals surface area (Å²) in [7, 11) is 0. The Morgan fingerprint density at radius 2 is 1.72 bits per heavy atom. The first kappa shape index (κ1) is 20.6. The number of aryl methyl sites for hydroxylation is 1. The average Bonchev–Trinajstić information content (AvgIpc) is 2.97. The van der Waals surface area contributed by atoms with Crippen molar-refractivity contribution < 1.29 is 14.3 Å². The summed E-state index contributed by atoms with van der Waals surface area (Å²) in [5, 5.41) is 3.42. The minimum atomic E-state index is -0.382. The summed E-state index contributed by atoms with van der Waals surface area (Å²) in [4.78, 5) is 26.5. The van der Waals surface area contributed by atoms with Gasteiger partial charge in [-0.2, -0.15) is 0 Å². The van der Waals surface area contributed by atoms with Gasteiger partial charge in [0.1, 0.15) is 5.75 Å². The van der Waals surface area contributed by atoms with Gasteiger partial charge in [-0.1, -0.05) is 42.0 Å². The van der Waals surface area contributed by atoms with E-state index < -0.39 is 0 Å². The maximum absolute atomic E-state index is 12.9. The molecule has 0 spiro atoms. The number of anilines is 1. The fourth-order valence-corrected chi connectivity index (χ4v) is 5.46. The molecule has 0 bridgehead atoms. The average molecular weight is 442 g/mol. The number of esters is 1. The van der Waals surface area contributed by atoms with Crippen LogP contribution in [0.3, 0.4) is 0 Å². The zero-order valence-electron chi connectivity index (χ0n) is 17.8. The van der Waals surface area contributed by atoms with Crippen molar-refractivity contribution in [1.82, 2.24) is 0 Å². The molecule has 1 aliphatic carbocycles. The number of rotatable bonds is 3. The second-order valence-corrected chi connectivity index (χ2v) is 9.26. The molecule has 4 nitrogen and oxygen atoms in total. The molecule has 1 N–H and O–H groups in total. The number of carbonyl (C=O) groups is 2. The first-order valence-electron chi connectivity index (χ1n) is 10.8. The van der Waals surface area contributed by atoms with Crippen molar-refractivity contribution in [2.24, 2.45) is 0 Å². The maximum atomic E-state index is 12.9. The van der Waals surface area contributed by atoms with Gasteiger partial charge in [-0.3, -0.25) is 4.79 Å². The van der Waals surface area contributed by atoms with Crippen LogP contribution < -0.4 is 10.1 Å². The van der Waals surface area contributed by atoms with E-state index in [1.165, 1.54) is 0 Å². The van der Waals surface area contributed by atoms with E-state index >= 15 is 0 Å². The quantitative estimate of drug-likeness (QED) is 0.372.